The normalized spacial score (nSPS) is 17.2. The molecule has 0 saturated carbocycles. The van der Waals surface area contributed by atoms with Crippen LogP contribution in [0.5, 0.6) is 0 Å². The topological polar surface area (TPSA) is 106 Å². The first-order valence-corrected chi connectivity index (χ1v) is 12.9. The maximum Gasteiger partial charge on any atom is 0.410 e. The number of likely N-dealkylation sites (tertiary alicyclic amines) is 1. The molecule has 1 fully saturated rings. The van der Waals surface area contributed by atoms with Gasteiger partial charge in [-0.05, 0) is 67.7 Å². The Labute approximate surface area is 201 Å². The van der Waals surface area contributed by atoms with E-state index in [1.807, 2.05) is 20.8 Å². The maximum absolute atomic E-state index is 13.3. The van der Waals surface area contributed by atoms with Crippen molar-refractivity contribution in [1.29, 1.82) is 0 Å². The van der Waals surface area contributed by atoms with Crippen molar-refractivity contribution in [3.05, 3.63) is 47.3 Å². The van der Waals surface area contributed by atoms with E-state index in [1.165, 1.54) is 10.3 Å². The van der Waals surface area contributed by atoms with Crippen molar-refractivity contribution in [3.63, 3.8) is 0 Å². The van der Waals surface area contributed by atoms with Gasteiger partial charge in [0.2, 0.25) is 0 Å². The highest BCUT2D eigenvalue weighted by Gasteiger charge is 2.29. The van der Waals surface area contributed by atoms with Crippen LogP contribution in [0, 0.1) is 0 Å². The monoisotopic (exact) mass is 535 g/mol. The molecule has 1 aliphatic heterocycles. The lowest BCUT2D eigenvalue weighted by Crippen LogP contribution is -2.47. The van der Waals surface area contributed by atoms with Crippen molar-refractivity contribution in [2.24, 2.45) is 0 Å². The van der Waals surface area contributed by atoms with Crippen molar-refractivity contribution < 1.29 is 17.9 Å². The van der Waals surface area contributed by atoms with Crippen LogP contribution in [0.4, 0.5) is 10.6 Å². The van der Waals surface area contributed by atoms with Gasteiger partial charge in [0.15, 0.2) is 5.65 Å². The van der Waals surface area contributed by atoms with Gasteiger partial charge in [-0.2, -0.15) is 0 Å². The zero-order valence-electron chi connectivity index (χ0n) is 18.7. The number of piperidine rings is 1. The molecule has 1 N–H and O–H groups in total. The van der Waals surface area contributed by atoms with Crippen molar-refractivity contribution in [2.75, 3.05) is 18.4 Å². The van der Waals surface area contributed by atoms with Crippen molar-refractivity contribution in [3.8, 4) is 0 Å². The van der Waals surface area contributed by atoms with Crippen LogP contribution in [-0.4, -0.2) is 58.1 Å². The van der Waals surface area contributed by atoms with E-state index >= 15 is 0 Å². The summed E-state index contributed by atoms with van der Waals surface area (Å²) in [7, 11) is -3.86. The lowest BCUT2D eigenvalue weighted by Gasteiger charge is -2.34. The molecular formula is C22H26BrN5O4S. The molecule has 176 valence electrons. The first kappa shape index (κ1) is 23.5. The summed E-state index contributed by atoms with van der Waals surface area (Å²) in [4.78, 5) is 22.9. The quantitative estimate of drug-likeness (QED) is 0.532. The number of carbonyl (C=O) groups is 1. The number of amides is 1. The Morgan fingerprint density at radius 1 is 1.21 bits per heavy atom. The highest BCUT2D eigenvalue weighted by Crippen LogP contribution is 2.31. The second-order valence-electron chi connectivity index (χ2n) is 8.92. The van der Waals surface area contributed by atoms with Crippen LogP contribution in [0.15, 0.2) is 52.2 Å². The van der Waals surface area contributed by atoms with Crippen molar-refractivity contribution in [1.82, 2.24) is 18.8 Å². The van der Waals surface area contributed by atoms with Gasteiger partial charge in [0.25, 0.3) is 10.0 Å². The van der Waals surface area contributed by atoms with E-state index in [-0.39, 0.29) is 22.7 Å². The molecule has 3 aromatic rings. The molecule has 9 nitrogen and oxygen atoms in total. The molecule has 11 heteroatoms. The zero-order valence-corrected chi connectivity index (χ0v) is 21.1. The molecule has 0 aliphatic carbocycles. The fraction of sp³-hybridized carbons (Fsp3) is 0.409. The largest absolute Gasteiger partial charge is 0.444 e. The van der Waals surface area contributed by atoms with Gasteiger partial charge in [0.05, 0.1) is 10.3 Å². The number of carbonyl (C=O) groups excluding carboxylic acids is 1. The van der Waals surface area contributed by atoms with Gasteiger partial charge in [-0.25, -0.2) is 27.2 Å². The summed E-state index contributed by atoms with van der Waals surface area (Å²) in [6.45, 7) is 6.62. The lowest BCUT2D eigenvalue weighted by atomic mass is 10.1. The van der Waals surface area contributed by atoms with Crippen LogP contribution in [-0.2, 0) is 14.8 Å². The van der Waals surface area contributed by atoms with E-state index in [4.69, 9.17) is 4.74 Å². The smallest absolute Gasteiger partial charge is 0.410 e. The fourth-order valence-electron chi connectivity index (χ4n) is 3.78. The van der Waals surface area contributed by atoms with E-state index in [9.17, 15) is 13.2 Å². The van der Waals surface area contributed by atoms with Crippen molar-refractivity contribution in [2.45, 2.75) is 50.2 Å². The van der Waals surface area contributed by atoms with E-state index in [0.717, 1.165) is 12.8 Å². The number of anilines is 1. The molecule has 2 aromatic heterocycles. The molecular weight excluding hydrogens is 510 g/mol. The Balaban J connectivity index is 1.61. The molecule has 4 rings (SSSR count). The molecule has 0 spiro atoms. The SMILES string of the molecule is CC(C)(C)OC(=O)N1CCC[C@@H](Nc2ncnc3c2cc(Br)n3S(=O)(=O)c2ccccc2)C1. The predicted octanol–water partition coefficient (Wildman–Crippen LogP) is 4.24. The zero-order chi connectivity index (χ0) is 23.8. The molecule has 1 amide bonds. The van der Waals surface area contributed by atoms with Gasteiger partial charge in [0, 0.05) is 19.1 Å². The number of aromatic nitrogens is 3. The molecule has 1 aromatic carbocycles. The third kappa shape index (κ3) is 4.98. The second-order valence-corrected chi connectivity index (χ2v) is 11.5. The number of halogens is 1. The van der Waals surface area contributed by atoms with Crippen LogP contribution in [0.25, 0.3) is 11.0 Å². The minimum absolute atomic E-state index is 0.0581. The third-order valence-electron chi connectivity index (χ3n) is 5.21. The summed E-state index contributed by atoms with van der Waals surface area (Å²) < 4.78 is 33.5. The summed E-state index contributed by atoms with van der Waals surface area (Å²) >= 11 is 3.38. The van der Waals surface area contributed by atoms with Gasteiger partial charge in [0.1, 0.15) is 22.3 Å². The number of fused-ring (bicyclic) bond motifs is 1. The predicted molar refractivity (Wildman–Crippen MR) is 129 cm³/mol. The Kier molecular flexibility index (Phi) is 6.37. The number of hydrogen-bond donors (Lipinski definition) is 1. The Morgan fingerprint density at radius 2 is 1.94 bits per heavy atom. The van der Waals surface area contributed by atoms with E-state index < -0.39 is 15.6 Å². The number of ether oxygens (including phenoxy) is 1. The molecule has 3 heterocycles. The van der Waals surface area contributed by atoms with Crippen LogP contribution in [0.2, 0.25) is 0 Å². The number of benzene rings is 1. The number of nitrogens with zero attached hydrogens (tertiary/aromatic N) is 4. The van der Waals surface area contributed by atoms with Gasteiger partial charge in [-0.15, -0.1) is 0 Å². The molecule has 1 aliphatic rings. The Morgan fingerprint density at radius 3 is 2.64 bits per heavy atom. The van der Waals surface area contributed by atoms with Crippen molar-refractivity contribution >= 4 is 48.9 Å². The lowest BCUT2D eigenvalue weighted by molar-refractivity contribution is 0.0206. The Hall–Kier alpha value is -2.66. The van der Waals surface area contributed by atoms with E-state index in [2.05, 4.69) is 31.2 Å². The summed E-state index contributed by atoms with van der Waals surface area (Å²) in [6.07, 6.45) is 2.65. The van der Waals surface area contributed by atoms with Crippen LogP contribution in [0.1, 0.15) is 33.6 Å². The van der Waals surface area contributed by atoms with E-state index in [1.54, 1.807) is 41.3 Å². The minimum Gasteiger partial charge on any atom is -0.444 e. The van der Waals surface area contributed by atoms with Gasteiger partial charge in [-0.1, -0.05) is 18.2 Å². The average Bonchev–Trinajstić information content (AvgIpc) is 3.11. The van der Waals surface area contributed by atoms with E-state index in [0.29, 0.717) is 28.9 Å². The molecule has 33 heavy (non-hydrogen) atoms. The van der Waals surface area contributed by atoms with Gasteiger partial charge < -0.3 is 15.0 Å². The number of hydrogen-bond acceptors (Lipinski definition) is 7. The standard InChI is InChI=1S/C22H26BrN5O4S/c1-22(2,3)32-21(29)27-11-7-8-15(13-27)26-19-17-12-18(23)28(20(17)25-14-24-19)33(30,31)16-9-5-4-6-10-16/h4-6,9-10,12,14-15H,7-8,11,13H2,1-3H3,(H,24,25,26)/t15-/m1/s1. The van der Waals surface area contributed by atoms with Crippen LogP contribution < -0.4 is 5.32 Å². The molecule has 0 unspecified atom stereocenters. The van der Waals surface area contributed by atoms with Crippen LogP contribution in [0.3, 0.4) is 0 Å². The summed E-state index contributed by atoms with van der Waals surface area (Å²) in [6, 6.07) is 9.82. The maximum atomic E-state index is 13.3. The Bertz CT molecular complexity index is 1270. The number of nitrogens with one attached hydrogen (secondary N) is 1. The highest BCUT2D eigenvalue weighted by molar-refractivity contribution is 9.10. The average molecular weight is 536 g/mol. The summed E-state index contributed by atoms with van der Waals surface area (Å²) in [5, 5.41) is 3.94. The minimum atomic E-state index is -3.86. The number of rotatable bonds is 4. The molecule has 1 atom stereocenters. The van der Waals surface area contributed by atoms with Gasteiger partial charge in [-0.3, -0.25) is 0 Å². The molecule has 1 saturated heterocycles. The summed E-state index contributed by atoms with van der Waals surface area (Å²) in [5.41, 5.74) is -0.293. The first-order valence-electron chi connectivity index (χ1n) is 10.6. The summed E-state index contributed by atoms with van der Waals surface area (Å²) in [5.74, 6) is 0.513. The molecule has 0 bridgehead atoms. The van der Waals surface area contributed by atoms with Crippen LogP contribution >= 0.6 is 15.9 Å². The highest BCUT2D eigenvalue weighted by atomic mass is 79.9. The molecule has 0 radical (unpaired) electrons. The third-order valence-corrected chi connectivity index (χ3v) is 7.74. The van der Waals surface area contributed by atoms with Gasteiger partial charge >= 0.3 is 6.09 Å². The second kappa shape index (κ2) is 8.94. The fourth-order valence-corrected chi connectivity index (χ4v) is 6.12. The first-order chi connectivity index (χ1) is 15.6.